The van der Waals surface area contributed by atoms with Crippen molar-refractivity contribution in [3.63, 3.8) is 0 Å². The van der Waals surface area contributed by atoms with Crippen molar-refractivity contribution >= 4 is 28.4 Å². The number of nitrogen functional groups attached to an aromatic ring is 1. The molecule has 1 saturated heterocycles. The van der Waals surface area contributed by atoms with E-state index >= 15 is 0 Å². The van der Waals surface area contributed by atoms with Crippen molar-refractivity contribution < 1.29 is 4.79 Å². The number of piperidine rings is 1. The summed E-state index contributed by atoms with van der Waals surface area (Å²) in [5.41, 5.74) is 13.6. The van der Waals surface area contributed by atoms with E-state index in [9.17, 15) is 4.79 Å². The molecule has 3 aromatic rings. The van der Waals surface area contributed by atoms with Crippen molar-refractivity contribution in [2.75, 3.05) is 24.1 Å². The topological polar surface area (TPSA) is 89.1 Å². The number of aromatic nitrogens is 3. The monoisotopic (exact) mass is 430 g/mol. The van der Waals surface area contributed by atoms with E-state index < -0.39 is 0 Å². The fourth-order valence-corrected chi connectivity index (χ4v) is 5.17. The van der Waals surface area contributed by atoms with Crippen molar-refractivity contribution in [2.24, 2.45) is 5.92 Å². The van der Waals surface area contributed by atoms with Crippen molar-refractivity contribution in [1.29, 1.82) is 0 Å². The van der Waals surface area contributed by atoms with Gasteiger partial charge in [-0.25, -0.2) is 9.97 Å². The smallest absolute Gasteiger partial charge is 0.224 e. The normalized spacial score (nSPS) is 16.3. The summed E-state index contributed by atoms with van der Waals surface area (Å²) in [6, 6.07) is 7.99. The van der Waals surface area contributed by atoms with E-state index in [1.165, 1.54) is 11.3 Å². The van der Waals surface area contributed by atoms with Gasteiger partial charge < -0.3 is 20.5 Å². The number of rotatable bonds is 5. The Kier molecular flexibility index (Phi) is 5.33. The van der Waals surface area contributed by atoms with E-state index in [4.69, 9.17) is 5.73 Å². The number of hydrogen-bond donors (Lipinski definition) is 2. The lowest BCUT2D eigenvalue weighted by Gasteiger charge is -2.33. The Morgan fingerprint density at radius 1 is 1.19 bits per heavy atom. The van der Waals surface area contributed by atoms with Gasteiger partial charge in [0.05, 0.1) is 5.52 Å². The molecule has 0 spiro atoms. The highest BCUT2D eigenvalue weighted by molar-refractivity contribution is 5.92. The van der Waals surface area contributed by atoms with E-state index in [-0.39, 0.29) is 5.91 Å². The maximum Gasteiger partial charge on any atom is 0.224 e. The fourth-order valence-electron chi connectivity index (χ4n) is 5.17. The highest BCUT2D eigenvalue weighted by Crippen LogP contribution is 2.36. The van der Waals surface area contributed by atoms with Crippen LogP contribution < -0.4 is 11.1 Å². The number of anilines is 2. The Labute approximate surface area is 188 Å². The lowest BCUT2D eigenvalue weighted by atomic mass is 9.93. The molecule has 1 aliphatic heterocycles. The van der Waals surface area contributed by atoms with Crippen molar-refractivity contribution in [3.05, 3.63) is 54.1 Å². The Morgan fingerprint density at radius 3 is 2.66 bits per heavy atom. The summed E-state index contributed by atoms with van der Waals surface area (Å²) in [4.78, 5) is 23.6. The molecule has 2 aliphatic rings. The molecule has 1 aliphatic carbocycles. The van der Waals surface area contributed by atoms with Gasteiger partial charge in [-0.1, -0.05) is 6.58 Å². The maximum atomic E-state index is 12.6. The number of amides is 1. The minimum Gasteiger partial charge on any atom is -0.382 e. The standard InChI is InChI=1S/C25H30N6O/c1-16(2)30-12-10-17(11-13-30)14-22(32)29-18-6-8-19(9-7-18)31-21-5-3-4-20(21)23-24(31)25(26)28-15-27-23/h6-9,15,17H,1,3-5,10-14H2,2H3,(H,29,32)(H2,26,27,28). The molecule has 5 rings (SSSR count). The number of allylic oxidation sites excluding steroid dienone is 1. The third-order valence-electron chi connectivity index (χ3n) is 6.86. The van der Waals surface area contributed by atoms with Crippen LogP contribution in [0.15, 0.2) is 42.9 Å². The Balaban J connectivity index is 1.30. The molecule has 0 unspecified atom stereocenters. The second-order valence-electron chi connectivity index (χ2n) is 9.04. The van der Waals surface area contributed by atoms with Gasteiger partial charge in [-0.2, -0.15) is 0 Å². The molecule has 166 valence electrons. The number of hydrogen-bond acceptors (Lipinski definition) is 5. The molecule has 2 aromatic heterocycles. The molecular weight excluding hydrogens is 400 g/mol. The molecule has 7 heteroatoms. The first-order valence-electron chi connectivity index (χ1n) is 11.4. The van der Waals surface area contributed by atoms with Gasteiger partial charge in [-0.05, 0) is 74.8 Å². The largest absolute Gasteiger partial charge is 0.382 e. The molecule has 0 bridgehead atoms. The third kappa shape index (κ3) is 3.72. The molecule has 1 fully saturated rings. The van der Waals surface area contributed by atoms with E-state index in [1.807, 2.05) is 31.2 Å². The zero-order chi connectivity index (χ0) is 22.2. The zero-order valence-corrected chi connectivity index (χ0v) is 18.6. The lowest BCUT2D eigenvalue weighted by molar-refractivity contribution is -0.117. The summed E-state index contributed by atoms with van der Waals surface area (Å²) >= 11 is 0. The number of nitrogens with one attached hydrogen (secondary N) is 1. The Morgan fingerprint density at radius 2 is 1.94 bits per heavy atom. The minimum atomic E-state index is 0.0801. The molecule has 0 radical (unpaired) electrons. The SMILES string of the molecule is C=C(C)N1CCC(CC(=O)Nc2ccc(-n3c4c(c5ncnc(N)c53)CCC4)cc2)CC1. The molecule has 0 atom stereocenters. The van der Waals surface area contributed by atoms with Crippen molar-refractivity contribution in [1.82, 2.24) is 19.4 Å². The first-order valence-corrected chi connectivity index (χ1v) is 11.4. The van der Waals surface area contributed by atoms with Gasteiger partial charge in [0.15, 0.2) is 5.82 Å². The number of nitrogens with zero attached hydrogens (tertiary/aromatic N) is 4. The van der Waals surface area contributed by atoms with Gasteiger partial charge in [-0.15, -0.1) is 0 Å². The van der Waals surface area contributed by atoms with Crippen LogP contribution in [0.1, 0.15) is 43.9 Å². The molecule has 7 nitrogen and oxygen atoms in total. The van der Waals surface area contributed by atoms with E-state index in [1.54, 1.807) is 6.33 Å². The van der Waals surface area contributed by atoms with Gasteiger partial charge >= 0.3 is 0 Å². The highest BCUT2D eigenvalue weighted by Gasteiger charge is 2.25. The summed E-state index contributed by atoms with van der Waals surface area (Å²) < 4.78 is 2.19. The van der Waals surface area contributed by atoms with E-state index in [0.29, 0.717) is 18.2 Å². The molecule has 3 heterocycles. The van der Waals surface area contributed by atoms with Crippen LogP contribution in [0.2, 0.25) is 0 Å². The molecule has 0 saturated carbocycles. The minimum absolute atomic E-state index is 0.0801. The third-order valence-corrected chi connectivity index (χ3v) is 6.86. The Bertz CT molecular complexity index is 1170. The second-order valence-corrected chi connectivity index (χ2v) is 9.04. The number of likely N-dealkylation sites (tertiary alicyclic amines) is 1. The van der Waals surface area contributed by atoms with Crippen LogP contribution in [0.5, 0.6) is 0 Å². The number of aryl methyl sites for hydroxylation is 1. The van der Waals surface area contributed by atoms with Crippen LogP contribution in [0, 0.1) is 5.92 Å². The number of carbonyl (C=O) groups is 1. The van der Waals surface area contributed by atoms with Gasteiger partial charge in [0.25, 0.3) is 0 Å². The zero-order valence-electron chi connectivity index (χ0n) is 18.6. The van der Waals surface area contributed by atoms with Crippen LogP contribution in [0.4, 0.5) is 11.5 Å². The summed E-state index contributed by atoms with van der Waals surface area (Å²) in [6.45, 7) is 8.04. The van der Waals surface area contributed by atoms with Gasteiger partial charge in [0.1, 0.15) is 11.8 Å². The molecule has 32 heavy (non-hydrogen) atoms. The summed E-state index contributed by atoms with van der Waals surface area (Å²) in [5.74, 6) is 1.01. The first-order chi connectivity index (χ1) is 15.5. The van der Waals surface area contributed by atoms with E-state index in [2.05, 4.69) is 31.3 Å². The highest BCUT2D eigenvalue weighted by atomic mass is 16.1. The van der Waals surface area contributed by atoms with Crippen LogP contribution in [-0.4, -0.2) is 38.4 Å². The van der Waals surface area contributed by atoms with Crippen LogP contribution in [-0.2, 0) is 17.6 Å². The van der Waals surface area contributed by atoms with Crippen LogP contribution in [0.3, 0.4) is 0 Å². The average Bonchev–Trinajstić information content (AvgIpc) is 3.37. The first kappa shape index (κ1) is 20.5. The van der Waals surface area contributed by atoms with Gasteiger partial charge in [0, 0.05) is 42.3 Å². The molecule has 1 aromatic carbocycles. The molecule has 1 amide bonds. The number of nitrogens with two attached hydrogens (primary N) is 1. The number of benzene rings is 1. The van der Waals surface area contributed by atoms with Crippen LogP contribution in [0.25, 0.3) is 16.7 Å². The van der Waals surface area contributed by atoms with Gasteiger partial charge in [0.2, 0.25) is 5.91 Å². The number of fused-ring (bicyclic) bond motifs is 3. The average molecular weight is 431 g/mol. The summed E-state index contributed by atoms with van der Waals surface area (Å²) in [5, 5.41) is 3.07. The Hall–Kier alpha value is -3.35. The summed E-state index contributed by atoms with van der Waals surface area (Å²) in [6.07, 6.45) is 7.34. The second kappa shape index (κ2) is 8.30. The van der Waals surface area contributed by atoms with E-state index in [0.717, 1.165) is 73.3 Å². The summed E-state index contributed by atoms with van der Waals surface area (Å²) in [7, 11) is 0. The fraction of sp³-hybridized carbons (Fsp3) is 0.400. The molecular formula is C25H30N6O. The quantitative estimate of drug-likeness (QED) is 0.637. The molecule has 3 N–H and O–H groups in total. The maximum absolute atomic E-state index is 12.6. The van der Waals surface area contributed by atoms with Crippen molar-refractivity contribution in [2.45, 2.75) is 45.4 Å². The number of carbonyl (C=O) groups excluding carboxylic acids is 1. The van der Waals surface area contributed by atoms with Gasteiger partial charge in [-0.3, -0.25) is 4.79 Å². The van der Waals surface area contributed by atoms with Crippen molar-refractivity contribution in [3.8, 4) is 5.69 Å². The predicted molar refractivity (Wildman–Crippen MR) is 128 cm³/mol. The predicted octanol–water partition coefficient (Wildman–Crippen LogP) is 4.07. The van der Waals surface area contributed by atoms with Crippen LogP contribution >= 0.6 is 0 Å². The lowest BCUT2D eigenvalue weighted by Crippen LogP contribution is -2.33.